The predicted molar refractivity (Wildman–Crippen MR) is 176 cm³/mol. The summed E-state index contributed by atoms with van der Waals surface area (Å²) in [5, 5.41) is 3.35. The van der Waals surface area contributed by atoms with Crippen molar-refractivity contribution in [1.82, 2.24) is 14.5 Å². The van der Waals surface area contributed by atoms with E-state index in [1.54, 1.807) is 55.6 Å². The molecule has 0 radical (unpaired) electrons. The third-order valence-electron chi connectivity index (χ3n) is 8.32. The number of fused-ring (bicyclic) bond motifs is 2. The van der Waals surface area contributed by atoms with Crippen LogP contribution in [0.3, 0.4) is 0 Å². The molecule has 0 bridgehead atoms. The van der Waals surface area contributed by atoms with Gasteiger partial charge in [-0.15, -0.1) is 0 Å². The number of nitrogens with zero attached hydrogens (tertiary/aromatic N) is 5. The number of aromatic nitrogens is 3. The maximum absolute atomic E-state index is 13.6. The molecule has 0 saturated carbocycles. The Bertz CT molecular complexity index is 1810. The molecular formula is C34H37N7O7. The van der Waals surface area contributed by atoms with Gasteiger partial charge in [0, 0.05) is 36.6 Å². The quantitative estimate of drug-likeness (QED) is 0.137. The van der Waals surface area contributed by atoms with Gasteiger partial charge < -0.3 is 34.6 Å². The fourth-order valence-corrected chi connectivity index (χ4v) is 5.77. The summed E-state index contributed by atoms with van der Waals surface area (Å²) in [6, 6.07) is 17.8. The molecule has 0 aliphatic carbocycles. The highest BCUT2D eigenvalue weighted by Crippen LogP contribution is 2.33. The first-order valence-corrected chi connectivity index (χ1v) is 15.8. The number of rotatable bonds is 11. The molecule has 2 saturated heterocycles. The minimum Gasteiger partial charge on any atom is -0.466 e. The Kier molecular flexibility index (Phi) is 9.92. The number of anilines is 2. The second kappa shape index (κ2) is 14.6. The van der Waals surface area contributed by atoms with Crippen molar-refractivity contribution in [3.8, 4) is 0 Å². The van der Waals surface area contributed by atoms with Crippen molar-refractivity contribution in [2.45, 2.75) is 38.7 Å². The van der Waals surface area contributed by atoms with E-state index in [0.29, 0.717) is 35.6 Å². The van der Waals surface area contributed by atoms with Gasteiger partial charge in [0.05, 0.1) is 49.7 Å². The van der Waals surface area contributed by atoms with Gasteiger partial charge in [-0.05, 0) is 67.9 Å². The summed E-state index contributed by atoms with van der Waals surface area (Å²) in [6.07, 6.45) is 0.935. The second-order valence-corrected chi connectivity index (χ2v) is 11.4. The number of nitrogens with two attached hydrogens (primary N) is 1. The standard InChI is InChI=1S/C34H37N7O7/c1-3-45-30(42)13-16-41(28-6-4-5-15-36-28)32(43)22-9-12-26-25(18-22)38-29(40(26)2)19-37-23-10-7-21(8-11-23)31(35)39-34(44)48-27-20-47-33-24(27)14-17-46-33/h4-12,15,18,24,27,33,37H,3,13-14,16-17,19-20H2,1-2H3,(H2,35,39,44)/t24-,27+,33+/m0/s1. The Labute approximate surface area is 276 Å². The third-order valence-corrected chi connectivity index (χ3v) is 8.32. The largest absolute Gasteiger partial charge is 0.466 e. The molecule has 4 aromatic rings. The van der Waals surface area contributed by atoms with Crippen LogP contribution < -0.4 is 16.0 Å². The number of aryl methyl sites for hydroxylation is 1. The molecule has 2 fully saturated rings. The van der Waals surface area contributed by atoms with Crippen LogP contribution in [0, 0.1) is 5.92 Å². The summed E-state index contributed by atoms with van der Waals surface area (Å²) in [5.41, 5.74) is 9.39. The third kappa shape index (κ3) is 7.29. The summed E-state index contributed by atoms with van der Waals surface area (Å²) >= 11 is 0. The zero-order valence-corrected chi connectivity index (χ0v) is 26.7. The van der Waals surface area contributed by atoms with Crippen molar-refractivity contribution < 1.29 is 33.3 Å². The lowest BCUT2D eigenvalue weighted by atomic mass is 10.0. The van der Waals surface area contributed by atoms with E-state index in [9.17, 15) is 14.4 Å². The normalized spacial score (nSPS) is 18.8. The number of amides is 2. The highest BCUT2D eigenvalue weighted by atomic mass is 16.7. The van der Waals surface area contributed by atoms with Crippen LogP contribution in [0.15, 0.2) is 71.9 Å². The lowest BCUT2D eigenvalue weighted by molar-refractivity contribution is -0.142. The summed E-state index contributed by atoms with van der Waals surface area (Å²) < 4.78 is 23.4. The van der Waals surface area contributed by atoms with Crippen molar-refractivity contribution >= 4 is 46.3 Å². The summed E-state index contributed by atoms with van der Waals surface area (Å²) in [4.78, 5) is 52.6. The van der Waals surface area contributed by atoms with Gasteiger partial charge in [0.15, 0.2) is 6.29 Å². The summed E-state index contributed by atoms with van der Waals surface area (Å²) in [7, 11) is 1.91. The minimum atomic E-state index is -0.760. The van der Waals surface area contributed by atoms with Crippen molar-refractivity contribution in [1.29, 1.82) is 0 Å². The van der Waals surface area contributed by atoms with E-state index in [1.165, 1.54) is 4.90 Å². The number of carbonyl (C=O) groups is 3. The lowest BCUT2D eigenvalue weighted by Crippen LogP contribution is -2.34. The topological polar surface area (TPSA) is 172 Å². The predicted octanol–water partition coefficient (Wildman–Crippen LogP) is 3.78. The first-order chi connectivity index (χ1) is 23.3. The number of pyridine rings is 1. The number of nitrogens with one attached hydrogen (secondary N) is 1. The molecule has 0 spiro atoms. The van der Waals surface area contributed by atoms with Crippen LogP contribution in [0.1, 0.15) is 41.5 Å². The van der Waals surface area contributed by atoms with Crippen LogP contribution in [0.5, 0.6) is 0 Å². The Morgan fingerprint density at radius 1 is 1.10 bits per heavy atom. The molecule has 48 heavy (non-hydrogen) atoms. The van der Waals surface area contributed by atoms with Gasteiger partial charge in [-0.1, -0.05) is 6.07 Å². The number of amidine groups is 1. The fourth-order valence-electron chi connectivity index (χ4n) is 5.77. The molecule has 2 aliphatic rings. The first kappa shape index (κ1) is 32.6. The van der Waals surface area contributed by atoms with Crippen molar-refractivity contribution in [3.05, 3.63) is 83.8 Å². The molecule has 2 aromatic carbocycles. The molecular weight excluding hydrogens is 618 g/mol. The van der Waals surface area contributed by atoms with Gasteiger partial charge >= 0.3 is 12.1 Å². The van der Waals surface area contributed by atoms with Gasteiger partial charge in [0.2, 0.25) is 0 Å². The van der Waals surface area contributed by atoms with Crippen molar-refractivity contribution in [3.63, 3.8) is 0 Å². The Morgan fingerprint density at radius 3 is 2.69 bits per heavy atom. The fraction of sp³-hybridized carbons (Fsp3) is 0.353. The lowest BCUT2D eigenvalue weighted by Gasteiger charge is -2.21. The zero-order valence-electron chi connectivity index (χ0n) is 26.7. The summed E-state index contributed by atoms with van der Waals surface area (Å²) in [6.45, 7) is 3.40. The van der Waals surface area contributed by atoms with Gasteiger partial charge in [-0.2, -0.15) is 4.99 Å². The molecule has 6 rings (SSSR count). The van der Waals surface area contributed by atoms with E-state index in [1.807, 2.05) is 29.8 Å². The van der Waals surface area contributed by atoms with Gasteiger partial charge in [0.25, 0.3) is 5.91 Å². The van der Waals surface area contributed by atoms with Crippen LogP contribution in [-0.2, 0) is 37.3 Å². The highest BCUT2D eigenvalue weighted by Gasteiger charge is 2.43. The minimum absolute atomic E-state index is 0.0215. The van der Waals surface area contributed by atoms with Crippen molar-refractivity contribution in [2.75, 3.05) is 36.6 Å². The maximum atomic E-state index is 13.6. The van der Waals surface area contributed by atoms with E-state index in [4.69, 9.17) is 29.7 Å². The van der Waals surface area contributed by atoms with E-state index in [0.717, 1.165) is 23.4 Å². The molecule has 3 N–H and O–H groups in total. The molecule has 4 heterocycles. The second-order valence-electron chi connectivity index (χ2n) is 11.4. The van der Waals surface area contributed by atoms with E-state index in [2.05, 4.69) is 15.3 Å². The van der Waals surface area contributed by atoms with Crippen molar-refractivity contribution in [2.24, 2.45) is 23.7 Å². The van der Waals surface area contributed by atoms with Crippen LogP contribution in [0.2, 0.25) is 0 Å². The van der Waals surface area contributed by atoms with E-state index < -0.39 is 12.2 Å². The maximum Gasteiger partial charge on any atom is 0.435 e. The first-order valence-electron chi connectivity index (χ1n) is 15.8. The van der Waals surface area contributed by atoms with Gasteiger partial charge in [-0.3, -0.25) is 14.5 Å². The number of benzene rings is 2. The SMILES string of the molecule is CCOC(=O)CCN(C(=O)c1ccc2c(c1)nc(CNc1ccc(/C(N)=N\C(=O)O[C@@H]3CO[C@H]4OCC[C@H]43)cc1)n2C)c1ccccn1. The molecule has 14 heteroatoms. The molecule has 3 atom stereocenters. The molecule has 2 aliphatic heterocycles. The molecule has 2 aromatic heterocycles. The smallest absolute Gasteiger partial charge is 0.435 e. The van der Waals surface area contributed by atoms with Gasteiger partial charge in [0.1, 0.15) is 23.6 Å². The summed E-state index contributed by atoms with van der Waals surface area (Å²) in [5.74, 6) is 0.570. The molecule has 2 amide bonds. The number of ether oxygens (including phenoxy) is 4. The number of hydrogen-bond acceptors (Lipinski definition) is 10. The Hall–Kier alpha value is -5.34. The van der Waals surface area contributed by atoms with E-state index >= 15 is 0 Å². The number of imidazole rings is 1. The Balaban J connectivity index is 1.09. The van der Waals surface area contributed by atoms with Crippen LogP contribution in [0.4, 0.5) is 16.3 Å². The van der Waals surface area contributed by atoms with Gasteiger partial charge in [-0.25, -0.2) is 14.8 Å². The highest BCUT2D eigenvalue weighted by molar-refractivity contribution is 6.07. The zero-order chi connectivity index (χ0) is 33.6. The average Bonchev–Trinajstić information content (AvgIpc) is 3.80. The number of carbonyl (C=O) groups excluding carboxylic acids is 3. The molecule has 250 valence electrons. The molecule has 14 nitrogen and oxygen atoms in total. The van der Waals surface area contributed by atoms with Crippen LogP contribution >= 0.6 is 0 Å². The Morgan fingerprint density at radius 2 is 1.92 bits per heavy atom. The number of esters is 1. The monoisotopic (exact) mass is 655 g/mol. The average molecular weight is 656 g/mol. The molecule has 0 unspecified atom stereocenters. The van der Waals surface area contributed by atoms with E-state index in [-0.39, 0.29) is 56.1 Å². The van der Waals surface area contributed by atoms with Crippen LogP contribution in [0.25, 0.3) is 11.0 Å². The number of aliphatic imine (C=N–C) groups is 1. The van der Waals surface area contributed by atoms with Crippen LogP contribution in [-0.4, -0.2) is 77.1 Å². The number of hydrogen-bond donors (Lipinski definition) is 2.